The van der Waals surface area contributed by atoms with Gasteiger partial charge in [-0.05, 0) is 12.1 Å². The van der Waals surface area contributed by atoms with Crippen molar-refractivity contribution in [1.29, 1.82) is 0 Å². The summed E-state index contributed by atoms with van der Waals surface area (Å²) in [6.07, 6.45) is 1.45. The molecular formula is C20H18N2O5. The lowest BCUT2D eigenvalue weighted by molar-refractivity contribution is -0.123. The summed E-state index contributed by atoms with van der Waals surface area (Å²) in [5.41, 5.74) is 1.15. The summed E-state index contributed by atoms with van der Waals surface area (Å²) in [7, 11) is 0. The Hall–Kier alpha value is -3.74. The average Bonchev–Trinajstić information content (AvgIpc) is 2.70. The number of carbonyl (C=O) groups is 4. The number of amides is 3. The van der Waals surface area contributed by atoms with Crippen molar-refractivity contribution in [3.63, 3.8) is 0 Å². The van der Waals surface area contributed by atoms with Crippen LogP contribution in [0.2, 0.25) is 0 Å². The number of carbonyl (C=O) groups excluding carboxylic acids is 4. The number of ketones is 1. The Kier molecular flexibility index (Phi) is 7.01. The van der Waals surface area contributed by atoms with E-state index < -0.39 is 24.5 Å². The van der Waals surface area contributed by atoms with Crippen LogP contribution >= 0.6 is 0 Å². The molecule has 7 heteroatoms. The molecule has 0 fully saturated rings. The van der Waals surface area contributed by atoms with Crippen LogP contribution in [0.3, 0.4) is 0 Å². The third-order valence-electron chi connectivity index (χ3n) is 3.41. The molecule has 0 saturated heterocycles. The molecule has 0 aliphatic heterocycles. The Morgan fingerprint density at radius 1 is 0.889 bits per heavy atom. The van der Waals surface area contributed by atoms with Gasteiger partial charge in [0.15, 0.2) is 12.4 Å². The fraction of sp³-hybridized carbons (Fsp3) is 0.100. The minimum atomic E-state index is -0.763. The second kappa shape index (κ2) is 9.67. The topological polar surface area (TPSA) is 102 Å². The molecule has 3 amide bonds. The lowest BCUT2D eigenvalue weighted by Gasteiger charge is -2.07. The van der Waals surface area contributed by atoms with Crippen LogP contribution in [0.4, 0.5) is 4.79 Å². The van der Waals surface area contributed by atoms with E-state index in [-0.39, 0.29) is 17.9 Å². The first-order valence-electron chi connectivity index (χ1n) is 8.06. The molecule has 0 aliphatic carbocycles. The third kappa shape index (κ3) is 5.93. The highest BCUT2D eigenvalue weighted by molar-refractivity contribution is 6.09. The predicted octanol–water partition coefficient (Wildman–Crippen LogP) is 2.09. The maximum Gasteiger partial charge on any atom is 0.338 e. The molecule has 2 aromatic rings. The van der Waals surface area contributed by atoms with E-state index >= 15 is 0 Å². The molecule has 2 N–H and O–H groups in total. The highest BCUT2D eigenvalue weighted by atomic mass is 16.5. The third-order valence-corrected chi connectivity index (χ3v) is 3.41. The van der Waals surface area contributed by atoms with Crippen molar-refractivity contribution >= 4 is 23.7 Å². The fourth-order valence-corrected chi connectivity index (χ4v) is 2.10. The van der Waals surface area contributed by atoms with E-state index in [9.17, 15) is 19.2 Å². The van der Waals surface area contributed by atoms with Crippen LogP contribution in [0, 0.1) is 0 Å². The van der Waals surface area contributed by atoms with Crippen LogP contribution in [0.15, 0.2) is 67.3 Å². The van der Waals surface area contributed by atoms with Crippen LogP contribution < -0.4 is 10.6 Å². The summed E-state index contributed by atoms with van der Waals surface area (Å²) in [5, 5.41) is 4.36. The molecular weight excluding hydrogens is 348 g/mol. The van der Waals surface area contributed by atoms with Crippen molar-refractivity contribution in [2.45, 2.75) is 0 Å². The summed E-state index contributed by atoms with van der Waals surface area (Å²) in [5.74, 6) is -1.67. The standard InChI is InChI=1S/C20H18N2O5/c1-2-12-21-20(26)22-17(23)13-27-19(25)16-10-8-15(9-11-16)18(24)14-6-4-3-5-7-14/h2-11H,1,12-13H2,(H2,21,22,23,26). The first-order chi connectivity index (χ1) is 13.0. The summed E-state index contributed by atoms with van der Waals surface area (Å²) < 4.78 is 4.84. The Morgan fingerprint density at radius 3 is 2.11 bits per heavy atom. The monoisotopic (exact) mass is 366 g/mol. The molecule has 0 atom stereocenters. The number of rotatable bonds is 7. The molecule has 2 rings (SSSR count). The Morgan fingerprint density at radius 2 is 1.48 bits per heavy atom. The average molecular weight is 366 g/mol. The van der Waals surface area contributed by atoms with Gasteiger partial charge in [0.1, 0.15) is 0 Å². The molecule has 0 radical (unpaired) electrons. The Bertz CT molecular complexity index is 844. The molecule has 2 aromatic carbocycles. The van der Waals surface area contributed by atoms with Crippen molar-refractivity contribution in [2.75, 3.05) is 13.2 Å². The molecule has 0 aliphatic rings. The quantitative estimate of drug-likeness (QED) is 0.444. The zero-order chi connectivity index (χ0) is 19.6. The van der Waals surface area contributed by atoms with E-state index in [0.29, 0.717) is 11.1 Å². The SMILES string of the molecule is C=CCNC(=O)NC(=O)COC(=O)c1ccc(C(=O)c2ccccc2)cc1. The molecule has 0 unspecified atom stereocenters. The lowest BCUT2D eigenvalue weighted by atomic mass is 10.0. The normalized spacial score (nSPS) is 9.78. The number of imide groups is 1. The zero-order valence-corrected chi connectivity index (χ0v) is 14.4. The molecule has 0 spiro atoms. The first kappa shape index (κ1) is 19.6. The van der Waals surface area contributed by atoms with E-state index in [0.717, 1.165) is 0 Å². The Labute approximate surface area is 156 Å². The molecule has 7 nitrogen and oxygen atoms in total. The van der Waals surface area contributed by atoms with Gasteiger partial charge in [0, 0.05) is 17.7 Å². The minimum absolute atomic E-state index is 0.166. The van der Waals surface area contributed by atoms with Gasteiger partial charge in [-0.2, -0.15) is 0 Å². The van der Waals surface area contributed by atoms with E-state index in [2.05, 4.69) is 11.9 Å². The van der Waals surface area contributed by atoms with E-state index in [1.54, 1.807) is 24.3 Å². The maximum absolute atomic E-state index is 12.3. The summed E-state index contributed by atoms with van der Waals surface area (Å²) in [6, 6.07) is 13.9. The minimum Gasteiger partial charge on any atom is -0.452 e. The maximum atomic E-state index is 12.3. The van der Waals surface area contributed by atoms with Crippen LogP contribution in [0.5, 0.6) is 0 Å². The summed E-state index contributed by atoms with van der Waals surface area (Å²) >= 11 is 0. The number of hydrogen-bond acceptors (Lipinski definition) is 5. The summed E-state index contributed by atoms with van der Waals surface area (Å²) in [4.78, 5) is 47.1. The van der Waals surface area contributed by atoms with Crippen molar-refractivity contribution in [3.8, 4) is 0 Å². The molecule has 0 heterocycles. The van der Waals surface area contributed by atoms with Gasteiger partial charge in [0.25, 0.3) is 5.91 Å². The number of urea groups is 1. The highest BCUT2D eigenvalue weighted by Crippen LogP contribution is 2.11. The van der Waals surface area contributed by atoms with Gasteiger partial charge in [0.2, 0.25) is 0 Å². The fourth-order valence-electron chi connectivity index (χ4n) is 2.10. The van der Waals surface area contributed by atoms with Crippen LogP contribution in [0.1, 0.15) is 26.3 Å². The number of nitrogens with one attached hydrogen (secondary N) is 2. The second-order valence-electron chi connectivity index (χ2n) is 5.40. The Balaban J connectivity index is 1.88. The highest BCUT2D eigenvalue weighted by Gasteiger charge is 2.14. The second-order valence-corrected chi connectivity index (χ2v) is 5.40. The van der Waals surface area contributed by atoms with Crippen LogP contribution in [0.25, 0.3) is 0 Å². The predicted molar refractivity (Wildman–Crippen MR) is 98.3 cm³/mol. The van der Waals surface area contributed by atoms with E-state index in [4.69, 9.17) is 4.74 Å². The van der Waals surface area contributed by atoms with Gasteiger partial charge in [-0.25, -0.2) is 9.59 Å². The smallest absolute Gasteiger partial charge is 0.338 e. The van der Waals surface area contributed by atoms with Gasteiger partial charge in [-0.1, -0.05) is 48.5 Å². The largest absolute Gasteiger partial charge is 0.452 e. The first-order valence-corrected chi connectivity index (χ1v) is 8.06. The van der Waals surface area contributed by atoms with Gasteiger partial charge in [0.05, 0.1) is 5.56 Å². The van der Waals surface area contributed by atoms with Crippen molar-refractivity contribution in [1.82, 2.24) is 10.6 Å². The van der Waals surface area contributed by atoms with Gasteiger partial charge in [-0.15, -0.1) is 6.58 Å². The van der Waals surface area contributed by atoms with Gasteiger partial charge >= 0.3 is 12.0 Å². The van der Waals surface area contributed by atoms with E-state index in [1.165, 1.54) is 30.3 Å². The lowest BCUT2D eigenvalue weighted by Crippen LogP contribution is -2.41. The van der Waals surface area contributed by atoms with Crippen molar-refractivity contribution in [3.05, 3.63) is 83.9 Å². The molecule has 27 heavy (non-hydrogen) atoms. The van der Waals surface area contributed by atoms with Crippen molar-refractivity contribution < 1.29 is 23.9 Å². The molecule has 138 valence electrons. The van der Waals surface area contributed by atoms with Crippen LogP contribution in [-0.4, -0.2) is 36.8 Å². The van der Waals surface area contributed by atoms with Gasteiger partial charge < -0.3 is 10.1 Å². The zero-order valence-electron chi connectivity index (χ0n) is 14.4. The number of benzene rings is 2. The van der Waals surface area contributed by atoms with Crippen LogP contribution in [-0.2, 0) is 9.53 Å². The van der Waals surface area contributed by atoms with Crippen molar-refractivity contribution in [2.24, 2.45) is 0 Å². The molecule has 0 saturated carbocycles. The summed E-state index contributed by atoms with van der Waals surface area (Å²) in [6.45, 7) is 3.02. The number of esters is 1. The number of hydrogen-bond donors (Lipinski definition) is 2. The molecule has 0 aromatic heterocycles. The van der Waals surface area contributed by atoms with E-state index in [1.807, 2.05) is 11.4 Å². The number of ether oxygens (including phenoxy) is 1. The van der Waals surface area contributed by atoms with Gasteiger partial charge in [-0.3, -0.25) is 14.9 Å². The molecule has 0 bridgehead atoms.